The molecule has 1 aromatic rings. The summed E-state index contributed by atoms with van der Waals surface area (Å²) in [5.74, 6) is -0.0705. The molecule has 1 aromatic carbocycles. The molecule has 0 aliphatic carbocycles. The molecule has 1 unspecified atom stereocenters. The minimum Gasteiger partial charge on any atom is -0.506 e. The molecule has 0 aromatic heterocycles. The molecule has 1 fully saturated rings. The van der Waals surface area contributed by atoms with Crippen molar-refractivity contribution >= 4 is 17.5 Å². The predicted molar refractivity (Wildman–Crippen MR) is 73.5 cm³/mol. The van der Waals surface area contributed by atoms with E-state index in [2.05, 4.69) is 0 Å². The van der Waals surface area contributed by atoms with Gasteiger partial charge in [0.15, 0.2) is 0 Å². The molecule has 1 aliphatic rings. The lowest BCUT2D eigenvalue weighted by molar-refractivity contribution is 0.0724. The van der Waals surface area contributed by atoms with E-state index < -0.39 is 0 Å². The summed E-state index contributed by atoms with van der Waals surface area (Å²) in [7, 11) is 0. The van der Waals surface area contributed by atoms with E-state index in [4.69, 9.17) is 16.7 Å². The molecule has 5 heteroatoms. The Labute approximate surface area is 117 Å². The smallest absolute Gasteiger partial charge is 0.254 e. The van der Waals surface area contributed by atoms with Gasteiger partial charge in [-0.2, -0.15) is 0 Å². The SMILES string of the molecule is O=C(c1ccc(O)c(Cl)c1)N1CCCC1CCCO. The van der Waals surface area contributed by atoms with Crippen molar-refractivity contribution in [3.8, 4) is 5.75 Å². The van der Waals surface area contributed by atoms with Gasteiger partial charge in [0.25, 0.3) is 5.91 Å². The Bertz CT molecular complexity index is 464. The quantitative estimate of drug-likeness (QED) is 0.892. The van der Waals surface area contributed by atoms with Gasteiger partial charge in [0.2, 0.25) is 0 Å². The van der Waals surface area contributed by atoms with Crippen molar-refractivity contribution in [2.45, 2.75) is 31.7 Å². The van der Waals surface area contributed by atoms with Crippen LogP contribution < -0.4 is 0 Å². The van der Waals surface area contributed by atoms with Gasteiger partial charge in [-0.05, 0) is 43.9 Å². The predicted octanol–water partition coefficient (Wildman–Crippen LogP) is 2.42. The number of hydrogen-bond acceptors (Lipinski definition) is 3. The number of amides is 1. The number of rotatable bonds is 4. The second-order valence-electron chi connectivity index (χ2n) is 4.83. The number of halogens is 1. The first kappa shape index (κ1) is 14.2. The van der Waals surface area contributed by atoms with E-state index >= 15 is 0 Å². The molecule has 0 saturated carbocycles. The number of aromatic hydroxyl groups is 1. The Hall–Kier alpha value is -1.26. The molecule has 1 amide bonds. The summed E-state index contributed by atoms with van der Waals surface area (Å²) in [6.07, 6.45) is 3.52. The van der Waals surface area contributed by atoms with Crippen LogP contribution in [0.15, 0.2) is 18.2 Å². The summed E-state index contributed by atoms with van der Waals surface area (Å²) >= 11 is 5.83. The maximum atomic E-state index is 12.4. The van der Waals surface area contributed by atoms with Crippen LogP contribution in [0.2, 0.25) is 5.02 Å². The molecule has 0 spiro atoms. The maximum absolute atomic E-state index is 12.4. The number of carbonyl (C=O) groups is 1. The largest absolute Gasteiger partial charge is 0.506 e. The van der Waals surface area contributed by atoms with Crippen molar-refractivity contribution in [3.63, 3.8) is 0 Å². The molecule has 1 aliphatic heterocycles. The van der Waals surface area contributed by atoms with E-state index in [9.17, 15) is 9.90 Å². The summed E-state index contributed by atoms with van der Waals surface area (Å²) in [5.41, 5.74) is 0.499. The summed E-state index contributed by atoms with van der Waals surface area (Å²) < 4.78 is 0. The van der Waals surface area contributed by atoms with Gasteiger partial charge in [-0.3, -0.25) is 4.79 Å². The van der Waals surface area contributed by atoms with Crippen LogP contribution in [0.25, 0.3) is 0 Å². The van der Waals surface area contributed by atoms with Gasteiger partial charge in [0.1, 0.15) is 5.75 Å². The molecule has 2 rings (SSSR count). The second-order valence-corrected chi connectivity index (χ2v) is 5.23. The second kappa shape index (κ2) is 6.26. The summed E-state index contributed by atoms with van der Waals surface area (Å²) in [6.45, 7) is 0.900. The number of hydrogen-bond donors (Lipinski definition) is 2. The van der Waals surface area contributed by atoms with Crippen molar-refractivity contribution in [2.75, 3.05) is 13.2 Å². The molecular formula is C14H18ClNO3. The lowest BCUT2D eigenvalue weighted by Gasteiger charge is -2.24. The van der Waals surface area contributed by atoms with Gasteiger partial charge in [0, 0.05) is 24.8 Å². The lowest BCUT2D eigenvalue weighted by atomic mass is 10.1. The van der Waals surface area contributed by atoms with Crippen molar-refractivity contribution in [1.82, 2.24) is 4.90 Å². The van der Waals surface area contributed by atoms with Crippen LogP contribution in [-0.4, -0.2) is 40.2 Å². The third-order valence-corrected chi connectivity index (χ3v) is 3.83. The zero-order valence-electron chi connectivity index (χ0n) is 10.7. The fraction of sp³-hybridized carbons (Fsp3) is 0.500. The average molecular weight is 284 g/mol. The molecule has 104 valence electrons. The summed E-state index contributed by atoms with van der Waals surface area (Å²) in [4.78, 5) is 14.3. The van der Waals surface area contributed by atoms with E-state index in [0.29, 0.717) is 12.0 Å². The van der Waals surface area contributed by atoms with Gasteiger partial charge in [0.05, 0.1) is 5.02 Å². The van der Waals surface area contributed by atoms with Crippen molar-refractivity contribution in [2.24, 2.45) is 0 Å². The maximum Gasteiger partial charge on any atom is 0.254 e. The number of carbonyl (C=O) groups excluding carboxylic acids is 1. The summed E-state index contributed by atoms with van der Waals surface area (Å²) in [5, 5.41) is 18.5. The zero-order chi connectivity index (χ0) is 13.8. The topological polar surface area (TPSA) is 60.8 Å². The molecule has 0 radical (unpaired) electrons. The van der Waals surface area contributed by atoms with Crippen LogP contribution in [0.1, 0.15) is 36.0 Å². The zero-order valence-corrected chi connectivity index (χ0v) is 11.4. The third kappa shape index (κ3) is 3.19. The first-order valence-electron chi connectivity index (χ1n) is 6.54. The molecule has 2 N–H and O–H groups in total. The summed E-state index contributed by atoms with van der Waals surface area (Å²) in [6, 6.07) is 4.73. The van der Waals surface area contributed by atoms with E-state index in [-0.39, 0.29) is 29.3 Å². The fourth-order valence-electron chi connectivity index (χ4n) is 2.54. The molecule has 19 heavy (non-hydrogen) atoms. The van der Waals surface area contributed by atoms with Crippen LogP contribution in [0.4, 0.5) is 0 Å². The standard InChI is InChI=1S/C14H18ClNO3/c15-12-9-10(5-6-13(12)18)14(19)16-7-1-3-11(16)4-2-8-17/h5-6,9,11,17-18H,1-4,7-8H2. The first-order chi connectivity index (χ1) is 9.13. The molecule has 0 bridgehead atoms. The van der Waals surface area contributed by atoms with Crippen LogP contribution in [0.5, 0.6) is 5.75 Å². The minimum absolute atomic E-state index is 0.0172. The number of likely N-dealkylation sites (tertiary alicyclic amines) is 1. The minimum atomic E-state index is -0.0534. The highest BCUT2D eigenvalue weighted by atomic mass is 35.5. The highest BCUT2D eigenvalue weighted by Gasteiger charge is 2.29. The van der Waals surface area contributed by atoms with E-state index in [1.54, 1.807) is 6.07 Å². The Balaban J connectivity index is 2.11. The van der Waals surface area contributed by atoms with Gasteiger partial charge < -0.3 is 15.1 Å². The van der Waals surface area contributed by atoms with Gasteiger partial charge in [-0.25, -0.2) is 0 Å². The molecule has 4 nitrogen and oxygen atoms in total. The third-order valence-electron chi connectivity index (χ3n) is 3.53. The van der Waals surface area contributed by atoms with Crippen molar-refractivity contribution in [3.05, 3.63) is 28.8 Å². The highest BCUT2D eigenvalue weighted by molar-refractivity contribution is 6.32. The molecule has 1 heterocycles. The lowest BCUT2D eigenvalue weighted by Crippen LogP contribution is -2.35. The highest BCUT2D eigenvalue weighted by Crippen LogP contribution is 2.27. The monoisotopic (exact) mass is 283 g/mol. The Morgan fingerprint density at radius 3 is 2.95 bits per heavy atom. The molecule has 1 atom stereocenters. The van der Waals surface area contributed by atoms with Gasteiger partial charge in [-0.1, -0.05) is 11.6 Å². The van der Waals surface area contributed by atoms with Gasteiger partial charge >= 0.3 is 0 Å². The number of phenolic OH excluding ortho intramolecular Hbond substituents is 1. The Morgan fingerprint density at radius 2 is 2.26 bits per heavy atom. The average Bonchev–Trinajstić information content (AvgIpc) is 2.87. The number of phenols is 1. The normalized spacial score (nSPS) is 18.8. The number of aliphatic hydroxyl groups is 1. The van der Waals surface area contributed by atoms with E-state index in [1.165, 1.54) is 12.1 Å². The Kier molecular flexibility index (Phi) is 4.66. The molecular weight excluding hydrogens is 266 g/mol. The number of aliphatic hydroxyl groups excluding tert-OH is 1. The van der Waals surface area contributed by atoms with Crippen LogP contribution in [0, 0.1) is 0 Å². The van der Waals surface area contributed by atoms with Crippen molar-refractivity contribution < 1.29 is 15.0 Å². The first-order valence-corrected chi connectivity index (χ1v) is 6.91. The van der Waals surface area contributed by atoms with Crippen LogP contribution in [0.3, 0.4) is 0 Å². The van der Waals surface area contributed by atoms with Gasteiger partial charge in [-0.15, -0.1) is 0 Å². The fourth-order valence-corrected chi connectivity index (χ4v) is 2.72. The van der Waals surface area contributed by atoms with E-state index in [0.717, 1.165) is 25.8 Å². The van der Waals surface area contributed by atoms with Crippen molar-refractivity contribution in [1.29, 1.82) is 0 Å². The van der Waals surface area contributed by atoms with Crippen LogP contribution >= 0.6 is 11.6 Å². The number of benzene rings is 1. The van der Waals surface area contributed by atoms with E-state index in [1.807, 2.05) is 4.90 Å². The Morgan fingerprint density at radius 1 is 1.47 bits per heavy atom. The number of nitrogens with zero attached hydrogens (tertiary/aromatic N) is 1. The molecule has 1 saturated heterocycles. The van der Waals surface area contributed by atoms with Crippen LogP contribution in [-0.2, 0) is 0 Å².